The third-order valence-corrected chi connectivity index (χ3v) is 2.51. The lowest BCUT2D eigenvalue weighted by molar-refractivity contribution is -0.138. The monoisotopic (exact) mass is 279 g/mol. The first-order chi connectivity index (χ1) is 7.02. The largest absolute Gasteiger partial charge is 0.481 e. The number of carboxylic acids is 1. The highest BCUT2D eigenvalue weighted by atomic mass is 79.9. The quantitative estimate of drug-likeness (QED) is 0.922. The summed E-state index contributed by atoms with van der Waals surface area (Å²) in [5.74, 6) is -2.64. The van der Waals surface area contributed by atoms with E-state index in [1.807, 2.05) is 0 Å². The summed E-state index contributed by atoms with van der Waals surface area (Å²) in [4.78, 5) is 14.2. The first-order valence-corrected chi connectivity index (χ1v) is 4.92. The summed E-state index contributed by atoms with van der Waals surface area (Å²) in [6, 6.07) is 3.14. The standard InChI is InChI=1S/C9H8BrF2NO2/c10-6-2-1-3-13-8(6)5(9(11)12)4-7(14)15/h1-3,5,9H,4H2,(H,14,15). The van der Waals surface area contributed by atoms with Crippen LogP contribution >= 0.6 is 15.9 Å². The van der Waals surface area contributed by atoms with Crippen molar-refractivity contribution in [3.63, 3.8) is 0 Å². The topological polar surface area (TPSA) is 50.2 Å². The molecule has 1 N–H and O–H groups in total. The third-order valence-electron chi connectivity index (χ3n) is 1.84. The van der Waals surface area contributed by atoms with Crippen LogP contribution in [0.5, 0.6) is 0 Å². The van der Waals surface area contributed by atoms with E-state index >= 15 is 0 Å². The number of pyridine rings is 1. The van der Waals surface area contributed by atoms with Crippen molar-refractivity contribution in [1.29, 1.82) is 0 Å². The summed E-state index contributed by atoms with van der Waals surface area (Å²) in [5, 5.41) is 8.51. The maximum Gasteiger partial charge on any atom is 0.304 e. The Labute approximate surface area is 93.3 Å². The lowest BCUT2D eigenvalue weighted by atomic mass is 10.0. The zero-order valence-corrected chi connectivity index (χ0v) is 9.12. The Hall–Kier alpha value is -1.04. The molecule has 1 heterocycles. The van der Waals surface area contributed by atoms with Gasteiger partial charge < -0.3 is 5.11 Å². The number of carboxylic acid groups (broad SMARTS) is 1. The molecule has 1 aromatic heterocycles. The summed E-state index contributed by atoms with van der Waals surface area (Å²) >= 11 is 3.07. The minimum absolute atomic E-state index is 0.0786. The smallest absolute Gasteiger partial charge is 0.304 e. The molecule has 0 saturated carbocycles. The van der Waals surface area contributed by atoms with Gasteiger partial charge in [-0.2, -0.15) is 0 Å². The van der Waals surface area contributed by atoms with Gasteiger partial charge >= 0.3 is 5.97 Å². The van der Waals surface area contributed by atoms with Crippen LogP contribution in [0.4, 0.5) is 8.78 Å². The van der Waals surface area contributed by atoms with Gasteiger partial charge in [0, 0.05) is 10.7 Å². The maximum absolute atomic E-state index is 12.6. The molecule has 6 heteroatoms. The second-order valence-electron chi connectivity index (χ2n) is 2.91. The Bertz CT molecular complexity index is 360. The number of hydrogen-bond acceptors (Lipinski definition) is 2. The fourth-order valence-electron chi connectivity index (χ4n) is 1.16. The van der Waals surface area contributed by atoms with Gasteiger partial charge in [-0.3, -0.25) is 9.78 Å². The molecule has 82 valence electrons. The molecule has 0 aliphatic rings. The van der Waals surface area contributed by atoms with Crippen LogP contribution in [-0.4, -0.2) is 22.5 Å². The van der Waals surface area contributed by atoms with Gasteiger partial charge in [-0.25, -0.2) is 8.78 Å². The van der Waals surface area contributed by atoms with Crippen LogP contribution in [0.25, 0.3) is 0 Å². The molecule has 0 saturated heterocycles. The molecule has 0 aliphatic carbocycles. The van der Waals surface area contributed by atoms with Crippen LogP contribution < -0.4 is 0 Å². The number of aliphatic carboxylic acids is 1. The van der Waals surface area contributed by atoms with Crippen molar-refractivity contribution >= 4 is 21.9 Å². The summed E-state index contributed by atoms with van der Waals surface area (Å²) in [6.07, 6.45) is -2.02. The number of aromatic nitrogens is 1. The van der Waals surface area contributed by atoms with E-state index in [4.69, 9.17) is 5.11 Å². The van der Waals surface area contributed by atoms with Gasteiger partial charge in [-0.1, -0.05) is 0 Å². The number of halogens is 3. The number of nitrogens with zero attached hydrogens (tertiary/aromatic N) is 1. The molecule has 0 amide bonds. The Morgan fingerprint density at radius 2 is 2.27 bits per heavy atom. The van der Waals surface area contributed by atoms with E-state index in [-0.39, 0.29) is 5.69 Å². The van der Waals surface area contributed by atoms with E-state index in [9.17, 15) is 13.6 Å². The predicted molar refractivity (Wildman–Crippen MR) is 52.9 cm³/mol. The van der Waals surface area contributed by atoms with Crippen LogP contribution in [0.2, 0.25) is 0 Å². The van der Waals surface area contributed by atoms with Crippen LogP contribution in [0.1, 0.15) is 18.0 Å². The highest BCUT2D eigenvalue weighted by Crippen LogP contribution is 2.30. The third kappa shape index (κ3) is 3.23. The Kier molecular flexibility index (Phi) is 4.14. The van der Waals surface area contributed by atoms with Crippen molar-refractivity contribution in [3.8, 4) is 0 Å². The van der Waals surface area contributed by atoms with Crippen LogP contribution in [-0.2, 0) is 4.79 Å². The molecule has 3 nitrogen and oxygen atoms in total. The van der Waals surface area contributed by atoms with Crippen LogP contribution in [0, 0.1) is 0 Å². The average molecular weight is 280 g/mol. The van der Waals surface area contributed by atoms with Crippen LogP contribution in [0.3, 0.4) is 0 Å². The molecular formula is C9H8BrF2NO2. The van der Waals surface area contributed by atoms with Gasteiger partial charge in [0.25, 0.3) is 0 Å². The highest BCUT2D eigenvalue weighted by Gasteiger charge is 2.28. The molecular weight excluding hydrogens is 272 g/mol. The lowest BCUT2D eigenvalue weighted by Gasteiger charge is -2.14. The number of alkyl halides is 2. The minimum atomic E-state index is -2.74. The van der Waals surface area contributed by atoms with E-state index in [0.29, 0.717) is 4.47 Å². The molecule has 0 fully saturated rings. The molecule has 0 aromatic carbocycles. The minimum Gasteiger partial charge on any atom is -0.481 e. The fraction of sp³-hybridized carbons (Fsp3) is 0.333. The molecule has 0 aliphatic heterocycles. The SMILES string of the molecule is O=C(O)CC(c1ncccc1Br)C(F)F. The molecule has 0 radical (unpaired) electrons. The molecule has 1 unspecified atom stereocenters. The van der Waals surface area contributed by atoms with Crippen molar-refractivity contribution < 1.29 is 18.7 Å². The maximum atomic E-state index is 12.6. The Morgan fingerprint density at radius 1 is 1.60 bits per heavy atom. The van der Waals surface area contributed by atoms with Crippen molar-refractivity contribution in [2.45, 2.75) is 18.8 Å². The van der Waals surface area contributed by atoms with Gasteiger partial charge in [0.2, 0.25) is 6.43 Å². The molecule has 0 spiro atoms. The van der Waals surface area contributed by atoms with Gasteiger partial charge in [-0.15, -0.1) is 0 Å². The molecule has 1 atom stereocenters. The molecule has 1 rings (SSSR count). The summed E-state index contributed by atoms with van der Waals surface area (Å²) < 4.78 is 25.6. The second kappa shape index (κ2) is 5.16. The highest BCUT2D eigenvalue weighted by molar-refractivity contribution is 9.10. The normalized spacial score (nSPS) is 12.8. The van der Waals surface area contributed by atoms with E-state index < -0.39 is 24.7 Å². The van der Waals surface area contributed by atoms with E-state index in [0.717, 1.165) is 0 Å². The Balaban J connectivity index is 2.99. The first kappa shape index (κ1) is 12.0. The first-order valence-electron chi connectivity index (χ1n) is 4.12. The van der Waals surface area contributed by atoms with Crippen molar-refractivity contribution in [3.05, 3.63) is 28.5 Å². The van der Waals surface area contributed by atoms with E-state index in [1.54, 1.807) is 12.1 Å². The number of carbonyl (C=O) groups is 1. The summed E-state index contributed by atoms with van der Waals surface area (Å²) in [7, 11) is 0. The number of rotatable bonds is 4. The van der Waals surface area contributed by atoms with Crippen LogP contribution in [0.15, 0.2) is 22.8 Å². The fourth-order valence-corrected chi connectivity index (χ4v) is 1.71. The van der Waals surface area contributed by atoms with Crippen molar-refractivity contribution in [2.24, 2.45) is 0 Å². The second-order valence-corrected chi connectivity index (χ2v) is 3.76. The molecule has 1 aromatic rings. The molecule has 15 heavy (non-hydrogen) atoms. The van der Waals surface area contributed by atoms with E-state index in [1.165, 1.54) is 6.20 Å². The lowest BCUT2D eigenvalue weighted by Crippen LogP contribution is -2.15. The number of hydrogen-bond donors (Lipinski definition) is 1. The van der Waals surface area contributed by atoms with Gasteiger partial charge in [0.15, 0.2) is 0 Å². The van der Waals surface area contributed by atoms with Gasteiger partial charge in [-0.05, 0) is 28.1 Å². The van der Waals surface area contributed by atoms with Crippen molar-refractivity contribution in [1.82, 2.24) is 4.98 Å². The zero-order chi connectivity index (χ0) is 11.4. The van der Waals surface area contributed by atoms with E-state index in [2.05, 4.69) is 20.9 Å². The average Bonchev–Trinajstić information content (AvgIpc) is 2.15. The predicted octanol–water partition coefficient (Wildman–Crippen LogP) is 2.67. The Morgan fingerprint density at radius 3 is 2.73 bits per heavy atom. The van der Waals surface area contributed by atoms with Crippen molar-refractivity contribution in [2.75, 3.05) is 0 Å². The van der Waals surface area contributed by atoms with Gasteiger partial charge in [0.05, 0.1) is 18.0 Å². The zero-order valence-electron chi connectivity index (χ0n) is 7.53. The van der Waals surface area contributed by atoms with Gasteiger partial charge in [0.1, 0.15) is 0 Å². The molecule has 0 bridgehead atoms. The summed E-state index contributed by atoms with van der Waals surface area (Å²) in [6.45, 7) is 0. The summed E-state index contributed by atoms with van der Waals surface area (Å²) in [5.41, 5.74) is 0.0786.